The lowest BCUT2D eigenvalue weighted by Crippen LogP contribution is -2.12. The summed E-state index contributed by atoms with van der Waals surface area (Å²) in [5.74, 6) is 0. The van der Waals surface area contributed by atoms with Crippen LogP contribution in [0.3, 0.4) is 0 Å². The van der Waals surface area contributed by atoms with Crippen LogP contribution in [-0.4, -0.2) is 0 Å². The molecule has 0 saturated heterocycles. The van der Waals surface area contributed by atoms with Crippen molar-refractivity contribution in [1.82, 2.24) is 0 Å². The third-order valence-electron chi connectivity index (χ3n) is 2.90. The van der Waals surface area contributed by atoms with Gasteiger partial charge in [-0.25, -0.2) is 0 Å². The van der Waals surface area contributed by atoms with E-state index < -0.39 is 0 Å². The second kappa shape index (κ2) is 5.34. The first kappa shape index (κ1) is 12.8. The van der Waals surface area contributed by atoms with E-state index in [0.29, 0.717) is 0 Å². The zero-order valence-electron chi connectivity index (χ0n) is 10.0. The quantitative estimate of drug-likeness (QED) is 0.895. The van der Waals surface area contributed by atoms with E-state index >= 15 is 0 Å². The second-order valence-electron chi connectivity index (χ2n) is 4.41. The van der Waals surface area contributed by atoms with Crippen molar-refractivity contribution in [2.24, 2.45) is 5.73 Å². The molecule has 0 bridgehead atoms. The van der Waals surface area contributed by atoms with Crippen molar-refractivity contribution in [1.29, 1.82) is 0 Å². The molecule has 0 amide bonds. The Hall–Kier alpha value is -0.640. The average Bonchev–Trinajstić information content (AvgIpc) is 2.70. The van der Waals surface area contributed by atoms with E-state index in [2.05, 4.69) is 59.4 Å². The lowest BCUT2D eigenvalue weighted by molar-refractivity contribution is 0.732. The molecule has 1 nitrogen and oxygen atoms in total. The number of halogens is 1. The summed E-state index contributed by atoms with van der Waals surface area (Å²) >= 11 is 5.18. The predicted molar refractivity (Wildman–Crippen MR) is 78.6 cm³/mol. The minimum absolute atomic E-state index is 0.0896. The van der Waals surface area contributed by atoms with Gasteiger partial charge in [0.15, 0.2) is 0 Å². The van der Waals surface area contributed by atoms with E-state index in [1.165, 1.54) is 21.6 Å². The van der Waals surface area contributed by atoms with Crippen molar-refractivity contribution in [3.63, 3.8) is 0 Å². The van der Waals surface area contributed by atoms with Gasteiger partial charge in [0.1, 0.15) is 0 Å². The molecule has 1 aromatic heterocycles. The predicted octanol–water partition coefficient (Wildman–Crippen LogP) is 4.37. The zero-order valence-corrected chi connectivity index (χ0v) is 12.4. The van der Waals surface area contributed by atoms with Gasteiger partial charge in [0, 0.05) is 20.8 Å². The number of nitrogens with two attached hydrogens (primary N) is 1. The fourth-order valence-corrected chi connectivity index (χ4v) is 3.33. The summed E-state index contributed by atoms with van der Waals surface area (Å²) in [6.07, 6.45) is 0.903. The van der Waals surface area contributed by atoms with Crippen LogP contribution >= 0.6 is 27.3 Å². The van der Waals surface area contributed by atoms with Crippen LogP contribution in [0.2, 0.25) is 0 Å². The van der Waals surface area contributed by atoms with Crippen LogP contribution in [0.5, 0.6) is 0 Å². The number of hydrogen-bond donors (Lipinski definition) is 1. The molecule has 0 spiro atoms. The molecule has 0 radical (unpaired) electrons. The van der Waals surface area contributed by atoms with E-state index in [-0.39, 0.29) is 6.04 Å². The molecule has 3 heteroatoms. The molecule has 0 aliphatic heterocycles. The fourth-order valence-electron chi connectivity index (χ4n) is 1.88. The third-order valence-corrected chi connectivity index (χ3v) is 4.72. The zero-order chi connectivity index (χ0) is 12.4. The maximum absolute atomic E-state index is 6.25. The number of hydrogen-bond acceptors (Lipinski definition) is 2. The minimum Gasteiger partial charge on any atom is -0.323 e. The first-order valence-corrected chi connectivity index (χ1v) is 7.29. The molecule has 0 aliphatic carbocycles. The molecule has 17 heavy (non-hydrogen) atoms. The van der Waals surface area contributed by atoms with Crippen LogP contribution in [0, 0.1) is 13.8 Å². The van der Waals surface area contributed by atoms with E-state index in [1.54, 1.807) is 11.3 Å². The Morgan fingerprint density at radius 1 is 1.29 bits per heavy atom. The lowest BCUT2D eigenvalue weighted by Gasteiger charge is -2.12. The van der Waals surface area contributed by atoms with Gasteiger partial charge in [-0.15, -0.1) is 11.3 Å². The molecule has 0 fully saturated rings. The Balaban J connectivity index is 2.18. The maximum atomic E-state index is 6.25. The Kier molecular flexibility index (Phi) is 4.02. The van der Waals surface area contributed by atoms with Crippen LogP contribution in [0.4, 0.5) is 0 Å². The maximum Gasteiger partial charge on any atom is 0.0431 e. The van der Waals surface area contributed by atoms with Crippen LogP contribution in [0.25, 0.3) is 0 Å². The van der Waals surface area contributed by atoms with Gasteiger partial charge in [-0.05, 0) is 53.4 Å². The highest BCUT2D eigenvalue weighted by molar-refractivity contribution is 9.10. The first-order chi connectivity index (χ1) is 8.06. The molecule has 2 aromatic rings. The van der Waals surface area contributed by atoms with Crippen molar-refractivity contribution >= 4 is 27.3 Å². The average molecular weight is 310 g/mol. The van der Waals surface area contributed by atoms with Gasteiger partial charge in [-0.2, -0.15) is 0 Å². The van der Waals surface area contributed by atoms with E-state index in [1.807, 2.05) is 0 Å². The van der Waals surface area contributed by atoms with Gasteiger partial charge in [0.05, 0.1) is 0 Å². The highest BCUT2D eigenvalue weighted by atomic mass is 79.9. The van der Waals surface area contributed by atoms with E-state index in [9.17, 15) is 0 Å². The molecule has 2 rings (SSSR count). The summed E-state index contributed by atoms with van der Waals surface area (Å²) in [5.41, 5.74) is 10.2. The number of aryl methyl sites for hydroxylation is 2. The molecule has 90 valence electrons. The van der Waals surface area contributed by atoms with Gasteiger partial charge in [-0.3, -0.25) is 0 Å². The summed E-state index contributed by atoms with van der Waals surface area (Å²) in [6.45, 7) is 4.27. The van der Waals surface area contributed by atoms with Crippen molar-refractivity contribution in [2.45, 2.75) is 26.3 Å². The van der Waals surface area contributed by atoms with Gasteiger partial charge < -0.3 is 5.73 Å². The number of benzene rings is 1. The Labute approximate surface area is 115 Å². The molecular weight excluding hydrogens is 294 g/mol. The highest BCUT2D eigenvalue weighted by Gasteiger charge is 2.11. The SMILES string of the molecule is Cc1ccc(C)c(CC(N)c2cc(Br)cs2)c1. The van der Waals surface area contributed by atoms with Crippen molar-refractivity contribution in [3.8, 4) is 0 Å². The first-order valence-electron chi connectivity index (χ1n) is 5.62. The fraction of sp³-hybridized carbons (Fsp3) is 0.286. The number of rotatable bonds is 3. The smallest absolute Gasteiger partial charge is 0.0431 e. The normalized spacial score (nSPS) is 12.7. The molecule has 1 heterocycles. The van der Waals surface area contributed by atoms with E-state index in [0.717, 1.165) is 10.9 Å². The van der Waals surface area contributed by atoms with Gasteiger partial charge in [0.2, 0.25) is 0 Å². The summed E-state index contributed by atoms with van der Waals surface area (Å²) in [7, 11) is 0. The Morgan fingerprint density at radius 3 is 2.71 bits per heavy atom. The largest absolute Gasteiger partial charge is 0.323 e. The monoisotopic (exact) mass is 309 g/mol. The molecular formula is C14H16BrNS. The minimum atomic E-state index is 0.0896. The summed E-state index contributed by atoms with van der Waals surface area (Å²) in [4.78, 5) is 1.23. The van der Waals surface area contributed by atoms with E-state index in [4.69, 9.17) is 5.73 Å². The Bertz CT molecular complexity index is 519. The van der Waals surface area contributed by atoms with Gasteiger partial charge >= 0.3 is 0 Å². The Morgan fingerprint density at radius 2 is 2.06 bits per heavy atom. The van der Waals surface area contributed by atoms with Crippen LogP contribution < -0.4 is 5.73 Å². The van der Waals surface area contributed by atoms with Crippen molar-refractivity contribution in [2.75, 3.05) is 0 Å². The van der Waals surface area contributed by atoms with Gasteiger partial charge in [0.25, 0.3) is 0 Å². The standard InChI is InChI=1S/C14H16BrNS/c1-9-3-4-10(2)11(5-9)6-13(16)14-7-12(15)8-17-14/h3-5,7-8,13H,6,16H2,1-2H3. The number of thiophene rings is 1. The lowest BCUT2D eigenvalue weighted by atomic mass is 9.99. The summed E-state index contributed by atoms with van der Waals surface area (Å²) < 4.78 is 1.12. The topological polar surface area (TPSA) is 26.0 Å². The highest BCUT2D eigenvalue weighted by Crippen LogP contribution is 2.27. The van der Waals surface area contributed by atoms with Crippen LogP contribution in [0.15, 0.2) is 34.1 Å². The molecule has 1 unspecified atom stereocenters. The van der Waals surface area contributed by atoms with Crippen molar-refractivity contribution < 1.29 is 0 Å². The molecule has 0 saturated carbocycles. The summed E-state index contributed by atoms with van der Waals surface area (Å²) in [6, 6.07) is 8.75. The van der Waals surface area contributed by atoms with Crippen molar-refractivity contribution in [3.05, 3.63) is 55.7 Å². The molecule has 1 atom stereocenters. The molecule has 1 aromatic carbocycles. The van der Waals surface area contributed by atoms with Gasteiger partial charge in [-0.1, -0.05) is 23.8 Å². The molecule has 2 N–H and O–H groups in total. The molecule has 0 aliphatic rings. The van der Waals surface area contributed by atoms with Crippen LogP contribution in [-0.2, 0) is 6.42 Å². The third kappa shape index (κ3) is 3.18. The van der Waals surface area contributed by atoms with Crippen LogP contribution in [0.1, 0.15) is 27.6 Å². The second-order valence-corrected chi connectivity index (χ2v) is 6.27. The summed E-state index contributed by atoms with van der Waals surface area (Å²) in [5, 5.41) is 2.08.